The number of anilines is 1. The molecule has 2 aromatic carbocycles. The van der Waals surface area contributed by atoms with Crippen LogP contribution in [0.1, 0.15) is 11.1 Å². The van der Waals surface area contributed by atoms with E-state index in [0.717, 1.165) is 11.6 Å². The largest absolute Gasteiger partial charge is 0.326 e. The van der Waals surface area contributed by atoms with Crippen LogP contribution in [0.5, 0.6) is 0 Å². The van der Waals surface area contributed by atoms with Crippen LogP contribution >= 0.6 is 11.6 Å². The molecule has 5 heteroatoms. The Bertz CT molecular complexity index is 657. The molecule has 0 fully saturated rings. The number of nitrogens with zero attached hydrogens (tertiary/aromatic N) is 1. The molecule has 0 unspecified atom stereocenters. The second kappa shape index (κ2) is 6.18. The van der Waals surface area contributed by atoms with Crippen LogP contribution < -0.4 is 5.32 Å². The van der Waals surface area contributed by atoms with E-state index in [1.165, 1.54) is 12.1 Å². The average Bonchev–Trinajstić information content (AvgIpc) is 2.38. The Labute approximate surface area is 120 Å². The lowest BCUT2D eigenvalue weighted by molar-refractivity contribution is -0.115. The molecule has 0 spiro atoms. The topological polar surface area (TPSA) is 52.9 Å². The number of hydrogen-bond acceptors (Lipinski definition) is 2. The first-order chi connectivity index (χ1) is 9.56. The van der Waals surface area contributed by atoms with E-state index in [1.54, 1.807) is 24.3 Å². The Morgan fingerprint density at radius 3 is 2.55 bits per heavy atom. The summed E-state index contributed by atoms with van der Waals surface area (Å²) < 4.78 is 13.1. The summed E-state index contributed by atoms with van der Waals surface area (Å²) >= 11 is 5.71. The van der Waals surface area contributed by atoms with Gasteiger partial charge in [-0.2, -0.15) is 5.26 Å². The van der Waals surface area contributed by atoms with Gasteiger partial charge in [0.2, 0.25) is 5.91 Å². The van der Waals surface area contributed by atoms with Crippen molar-refractivity contribution in [2.75, 3.05) is 5.32 Å². The zero-order valence-electron chi connectivity index (χ0n) is 10.4. The number of halogens is 2. The normalized spacial score (nSPS) is 9.85. The molecule has 0 aromatic heterocycles. The Hall–Kier alpha value is -2.38. The van der Waals surface area contributed by atoms with Gasteiger partial charge in [0.1, 0.15) is 5.82 Å². The van der Waals surface area contributed by atoms with E-state index in [9.17, 15) is 9.18 Å². The summed E-state index contributed by atoms with van der Waals surface area (Å²) in [6.45, 7) is 0. The van der Waals surface area contributed by atoms with Gasteiger partial charge in [-0.3, -0.25) is 4.79 Å². The third kappa shape index (κ3) is 3.81. The summed E-state index contributed by atoms with van der Waals surface area (Å²) in [4.78, 5) is 11.8. The fourth-order valence-electron chi connectivity index (χ4n) is 1.71. The highest BCUT2D eigenvalue weighted by atomic mass is 35.5. The smallest absolute Gasteiger partial charge is 0.228 e. The molecule has 2 rings (SSSR count). The molecule has 100 valence electrons. The van der Waals surface area contributed by atoms with E-state index in [2.05, 4.69) is 5.32 Å². The minimum atomic E-state index is -0.508. The van der Waals surface area contributed by atoms with Crippen molar-refractivity contribution in [3.8, 4) is 6.07 Å². The van der Waals surface area contributed by atoms with Gasteiger partial charge in [0.15, 0.2) is 0 Å². The van der Waals surface area contributed by atoms with Gasteiger partial charge in [-0.25, -0.2) is 4.39 Å². The van der Waals surface area contributed by atoms with Crippen LogP contribution in [0, 0.1) is 17.1 Å². The Morgan fingerprint density at radius 2 is 1.95 bits per heavy atom. The molecular weight excluding hydrogens is 279 g/mol. The third-order valence-electron chi connectivity index (χ3n) is 2.59. The summed E-state index contributed by atoms with van der Waals surface area (Å²) in [7, 11) is 0. The lowest BCUT2D eigenvalue weighted by Crippen LogP contribution is -2.14. The van der Waals surface area contributed by atoms with Crippen molar-refractivity contribution in [2.45, 2.75) is 6.42 Å². The minimum Gasteiger partial charge on any atom is -0.326 e. The van der Waals surface area contributed by atoms with Crippen LogP contribution in [0.25, 0.3) is 0 Å². The Morgan fingerprint density at radius 1 is 1.25 bits per heavy atom. The molecule has 0 atom stereocenters. The molecular formula is C15H10ClFN2O. The molecule has 1 amide bonds. The number of nitrogens with one attached hydrogen (secondary N) is 1. The number of amides is 1. The predicted molar refractivity (Wildman–Crippen MR) is 74.9 cm³/mol. The van der Waals surface area contributed by atoms with E-state index < -0.39 is 5.82 Å². The van der Waals surface area contributed by atoms with Crippen molar-refractivity contribution >= 4 is 23.2 Å². The van der Waals surface area contributed by atoms with Gasteiger partial charge in [-0.1, -0.05) is 23.7 Å². The standard InChI is InChI=1S/C15H10ClFN2O/c16-12-6-13(17)8-14(7-12)19-15(20)5-10-1-3-11(9-18)4-2-10/h1-4,6-8H,5H2,(H,19,20). The van der Waals surface area contributed by atoms with Gasteiger partial charge in [0.05, 0.1) is 18.1 Å². The number of nitriles is 1. The van der Waals surface area contributed by atoms with Gasteiger partial charge in [-0.05, 0) is 35.9 Å². The van der Waals surface area contributed by atoms with Gasteiger partial charge in [0.25, 0.3) is 0 Å². The Balaban J connectivity index is 2.03. The first-order valence-corrected chi connectivity index (χ1v) is 6.19. The zero-order valence-corrected chi connectivity index (χ0v) is 11.1. The van der Waals surface area contributed by atoms with Crippen LogP contribution in [-0.2, 0) is 11.2 Å². The Kier molecular flexibility index (Phi) is 4.34. The van der Waals surface area contributed by atoms with Crippen molar-refractivity contribution in [1.82, 2.24) is 0 Å². The molecule has 0 heterocycles. The summed E-state index contributed by atoms with van der Waals surface area (Å²) in [5.74, 6) is -0.789. The van der Waals surface area contributed by atoms with Crippen molar-refractivity contribution in [2.24, 2.45) is 0 Å². The van der Waals surface area contributed by atoms with Crippen LogP contribution in [0.3, 0.4) is 0 Å². The number of carbonyl (C=O) groups is 1. The van der Waals surface area contributed by atoms with Crippen LogP contribution in [0.2, 0.25) is 5.02 Å². The van der Waals surface area contributed by atoms with E-state index in [0.29, 0.717) is 11.3 Å². The lowest BCUT2D eigenvalue weighted by Gasteiger charge is -2.06. The number of carbonyl (C=O) groups excluding carboxylic acids is 1. The first kappa shape index (κ1) is 14.0. The maximum atomic E-state index is 13.1. The van der Waals surface area contributed by atoms with Crippen molar-refractivity contribution in [1.29, 1.82) is 5.26 Å². The molecule has 0 radical (unpaired) electrons. The van der Waals surface area contributed by atoms with E-state index in [-0.39, 0.29) is 17.4 Å². The molecule has 0 saturated heterocycles. The molecule has 0 aliphatic rings. The van der Waals surface area contributed by atoms with Crippen molar-refractivity contribution in [3.63, 3.8) is 0 Å². The zero-order chi connectivity index (χ0) is 14.5. The minimum absolute atomic E-state index is 0.139. The van der Waals surface area contributed by atoms with E-state index >= 15 is 0 Å². The predicted octanol–water partition coefficient (Wildman–Crippen LogP) is 3.53. The second-order valence-corrected chi connectivity index (χ2v) is 4.63. The summed E-state index contributed by atoms with van der Waals surface area (Å²) in [6.07, 6.45) is 0.139. The van der Waals surface area contributed by atoms with Crippen LogP contribution in [0.4, 0.5) is 10.1 Å². The molecule has 0 aliphatic carbocycles. The van der Waals surface area contributed by atoms with Crippen molar-refractivity contribution in [3.05, 3.63) is 64.4 Å². The molecule has 3 nitrogen and oxygen atoms in total. The molecule has 0 saturated carbocycles. The monoisotopic (exact) mass is 288 g/mol. The summed E-state index contributed by atoms with van der Waals surface area (Å²) in [5, 5.41) is 11.5. The molecule has 1 N–H and O–H groups in total. The van der Waals surface area contributed by atoms with Gasteiger partial charge in [-0.15, -0.1) is 0 Å². The van der Waals surface area contributed by atoms with Crippen LogP contribution in [0.15, 0.2) is 42.5 Å². The summed E-state index contributed by atoms with van der Waals surface area (Å²) in [5.41, 5.74) is 1.61. The average molecular weight is 289 g/mol. The molecule has 0 aliphatic heterocycles. The lowest BCUT2D eigenvalue weighted by atomic mass is 10.1. The number of rotatable bonds is 3. The van der Waals surface area contributed by atoms with E-state index in [4.69, 9.17) is 16.9 Å². The van der Waals surface area contributed by atoms with Gasteiger partial charge >= 0.3 is 0 Å². The first-order valence-electron chi connectivity index (χ1n) is 5.82. The molecule has 20 heavy (non-hydrogen) atoms. The SMILES string of the molecule is N#Cc1ccc(CC(=O)Nc2cc(F)cc(Cl)c2)cc1. The maximum absolute atomic E-state index is 13.1. The fraction of sp³-hybridized carbons (Fsp3) is 0.0667. The second-order valence-electron chi connectivity index (χ2n) is 4.19. The quantitative estimate of drug-likeness (QED) is 0.939. The van der Waals surface area contributed by atoms with Gasteiger partial charge < -0.3 is 5.32 Å². The highest BCUT2D eigenvalue weighted by Gasteiger charge is 2.06. The number of hydrogen-bond donors (Lipinski definition) is 1. The highest BCUT2D eigenvalue weighted by Crippen LogP contribution is 2.18. The van der Waals surface area contributed by atoms with E-state index in [1.807, 2.05) is 6.07 Å². The van der Waals surface area contributed by atoms with Gasteiger partial charge in [0, 0.05) is 10.7 Å². The maximum Gasteiger partial charge on any atom is 0.228 e. The number of benzene rings is 2. The molecule has 0 bridgehead atoms. The third-order valence-corrected chi connectivity index (χ3v) is 2.81. The molecule has 2 aromatic rings. The van der Waals surface area contributed by atoms with Crippen molar-refractivity contribution < 1.29 is 9.18 Å². The summed E-state index contributed by atoms with van der Waals surface area (Å²) in [6, 6.07) is 12.5. The van der Waals surface area contributed by atoms with Crippen LogP contribution in [-0.4, -0.2) is 5.91 Å². The highest BCUT2D eigenvalue weighted by molar-refractivity contribution is 6.30. The fourth-order valence-corrected chi connectivity index (χ4v) is 1.94.